The lowest BCUT2D eigenvalue weighted by Gasteiger charge is -2.02. The van der Waals surface area contributed by atoms with Gasteiger partial charge in [0.05, 0.1) is 0 Å². The highest BCUT2D eigenvalue weighted by atomic mass is 32.2. The molecule has 0 radical (unpaired) electrons. The van der Waals surface area contributed by atoms with Gasteiger partial charge in [0.2, 0.25) is 0 Å². The molecule has 0 atom stereocenters. The van der Waals surface area contributed by atoms with Gasteiger partial charge in [0.25, 0.3) is 10.1 Å². The molecule has 0 spiro atoms. The number of carbonyl (C=O) groups is 1. The molecule has 0 aromatic heterocycles. The van der Waals surface area contributed by atoms with E-state index in [1.54, 1.807) is 30.3 Å². The number of hydrogen-bond acceptors (Lipinski definition) is 3. The normalized spacial score (nSPS) is 10.4. The maximum atomic E-state index is 11.0. The standard InChI is InChI=1S/C11H10.C10H8O3S.CH2O/c1-9-6-7-10-4-2-3-5-11(10)8-9;11-14(12,13)10-7-3-5-8-4-1-2-6-9(8)10;1-2/h2-8H,1H3;1-7H,(H,11,12,13);1H2. The quantitative estimate of drug-likeness (QED) is 0.469. The highest BCUT2D eigenvalue weighted by molar-refractivity contribution is 7.86. The molecule has 0 amide bonds. The summed E-state index contributed by atoms with van der Waals surface area (Å²) >= 11 is 0. The second-order valence-electron chi connectivity index (χ2n) is 5.80. The number of fused-ring (bicyclic) bond motifs is 2. The lowest BCUT2D eigenvalue weighted by molar-refractivity contribution is -0.0980. The van der Waals surface area contributed by atoms with Crippen LogP contribution in [-0.2, 0) is 14.9 Å². The summed E-state index contributed by atoms with van der Waals surface area (Å²) in [6.07, 6.45) is 0. The summed E-state index contributed by atoms with van der Waals surface area (Å²) in [6.45, 7) is 4.12. The van der Waals surface area contributed by atoms with Crippen LogP contribution in [0.5, 0.6) is 0 Å². The molecule has 0 fully saturated rings. The van der Waals surface area contributed by atoms with Crippen molar-refractivity contribution in [2.45, 2.75) is 11.8 Å². The van der Waals surface area contributed by atoms with E-state index in [1.165, 1.54) is 22.4 Å². The minimum Gasteiger partial charge on any atom is -0.307 e. The maximum Gasteiger partial charge on any atom is 0.295 e. The molecule has 5 heteroatoms. The Morgan fingerprint density at radius 2 is 1.26 bits per heavy atom. The van der Waals surface area contributed by atoms with Gasteiger partial charge in [0.1, 0.15) is 11.7 Å². The van der Waals surface area contributed by atoms with Crippen LogP contribution in [0.3, 0.4) is 0 Å². The van der Waals surface area contributed by atoms with Crippen molar-refractivity contribution in [3.05, 3.63) is 90.5 Å². The van der Waals surface area contributed by atoms with Crippen molar-refractivity contribution in [3.8, 4) is 0 Å². The molecule has 1 N–H and O–H groups in total. The summed E-state index contributed by atoms with van der Waals surface area (Å²) in [5.74, 6) is 0. The third-order valence-electron chi connectivity index (χ3n) is 3.93. The Hall–Kier alpha value is -3.02. The highest BCUT2D eigenvalue weighted by Gasteiger charge is 2.12. The molecular weight excluding hydrogens is 360 g/mol. The second kappa shape index (κ2) is 9.07. The van der Waals surface area contributed by atoms with E-state index < -0.39 is 10.1 Å². The van der Waals surface area contributed by atoms with Gasteiger partial charge in [-0.25, -0.2) is 0 Å². The third-order valence-corrected chi connectivity index (χ3v) is 4.84. The minimum absolute atomic E-state index is 0.0457. The molecule has 0 unspecified atom stereocenters. The van der Waals surface area contributed by atoms with Crippen LogP contribution in [0.15, 0.2) is 89.8 Å². The first-order valence-electron chi connectivity index (χ1n) is 8.15. The number of carbonyl (C=O) groups excluding carboxylic acids is 1. The van der Waals surface area contributed by atoms with Crippen molar-refractivity contribution in [3.63, 3.8) is 0 Å². The van der Waals surface area contributed by atoms with Crippen LogP contribution in [0.1, 0.15) is 5.56 Å². The fraction of sp³-hybridized carbons (Fsp3) is 0.0455. The topological polar surface area (TPSA) is 71.4 Å². The Labute approximate surface area is 158 Å². The van der Waals surface area contributed by atoms with E-state index in [-0.39, 0.29) is 4.90 Å². The molecule has 0 saturated carbocycles. The molecule has 4 rings (SSSR count). The SMILES string of the molecule is C=O.Cc1ccc2ccccc2c1.O=S(=O)(O)c1cccc2ccccc12. The Morgan fingerprint density at radius 1 is 0.704 bits per heavy atom. The predicted octanol–water partition coefficient (Wildman–Crippen LogP) is 5.05. The molecule has 27 heavy (non-hydrogen) atoms. The van der Waals surface area contributed by atoms with Crippen LogP contribution in [0.4, 0.5) is 0 Å². The first-order chi connectivity index (χ1) is 12.9. The van der Waals surface area contributed by atoms with E-state index in [4.69, 9.17) is 9.35 Å². The third kappa shape index (κ3) is 5.23. The maximum absolute atomic E-state index is 11.0. The number of aryl methyl sites for hydroxylation is 1. The van der Waals surface area contributed by atoms with Gasteiger partial charge in [-0.3, -0.25) is 4.55 Å². The Morgan fingerprint density at radius 3 is 1.93 bits per heavy atom. The van der Waals surface area contributed by atoms with Crippen molar-refractivity contribution < 1.29 is 17.8 Å². The van der Waals surface area contributed by atoms with Crippen LogP contribution in [0.25, 0.3) is 21.5 Å². The van der Waals surface area contributed by atoms with Gasteiger partial charge < -0.3 is 4.79 Å². The Bertz CT molecular complexity index is 1150. The molecule has 4 nitrogen and oxygen atoms in total. The van der Waals surface area contributed by atoms with E-state index in [9.17, 15) is 8.42 Å². The lowest BCUT2D eigenvalue weighted by Crippen LogP contribution is -1.98. The first kappa shape index (κ1) is 20.3. The largest absolute Gasteiger partial charge is 0.307 e. The summed E-state index contributed by atoms with van der Waals surface area (Å²) in [4.78, 5) is 7.95. The van der Waals surface area contributed by atoms with Crippen LogP contribution in [-0.4, -0.2) is 19.8 Å². The zero-order valence-corrected chi connectivity index (χ0v) is 15.7. The van der Waals surface area contributed by atoms with Crippen molar-refractivity contribution in [1.29, 1.82) is 0 Å². The average Bonchev–Trinajstić information content (AvgIpc) is 2.69. The molecular formula is C22H20O4S. The average molecular weight is 380 g/mol. The molecule has 4 aromatic rings. The second-order valence-corrected chi connectivity index (χ2v) is 7.19. The summed E-state index contributed by atoms with van der Waals surface area (Å²) in [6, 6.07) is 26.7. The predicted molar refractivity (Wildman–Crippen MR) is 110 cm³/mol. The van der Waals surface area contributed by atoms with E-state index >= 15 is 0 Å². The van der Waals surface area contributed by atoms with E-state index in [0.29, 0.717) is 5.39 Å². The van der Waals surface area contributed by atoms with E-state index in [1.807, 2.05) is 12.9 Å². The van der Waals surface area contributed by atoms with Gasteiger partial charge in [0, 0.05) is 5.39 Å². The van der Waals surface area contributed by atoms with Gasteiger partial charge in [-0.2, -0.15) is 8.42 Å². The summed E-state index contributed by atoms with van der Waals surface area (Å²) in [5, 5.41) is 3.98. The first-order valence-corrected chi connectivity index (χ1v) is 9.59. The number of hydrogen-bond donors (Lipinski definition) is 1. The van der Waals surface area contributed by atoms with Gasteiger partial charge in [0.15, 0.2) is 0 Å². The fourth-order valence-corrected chi connectivity index (χ4v) is 3.44. The van der Waals surface area contributed by atoms with Crippen LogP contribution >= 0.6 is 0 Å². The van der Waals surface area contributed by atoms with Crippen molar-refractivity contribution >= 4 is 38.5 Å². The Balaban J connectivity index is 0.000000181. The number of rotatable bonds is 1. The Kier molecular flexibility index (Phi) is 6.82. The van der Waals surface area contributed by atoms with E-state index in [0.717, 1.165) is 5.39 Å². The lowest BCUT2D eigenvalue weighted by atomic mass is 10.1. The zero-order valence-electron chi connectivity index (χ0n) is 14.9. The van der Waals surface area contributed by atoms with Crippen molar-refractivity contribution in [2.75, 3.05) is 0 Å². The monoisotopic (exact) mass is 380 g/mol. The van der Waals surface area contributed by atoms with Gasteiger partial charge >= 0.3 is 0 Å². The van der Waals surface area contributed by atoms with Crippen LogP contribution in [0, 0.1) is 6.92 Å². The zero-order chi connectivity index (χ0) is 19.9. The minimum atomic E-state index is -4.13. The van der Waals surface area contributed by atoms with Crippen LogP contribution in [0.2, 0.25) is 0 Å². The molecule has 0 aliphatic rings. The molecule has 138 valence electrons. The highest BCUT2D eigenvalue weighted by Crippen LogP contribution is 2.22. The summed E-state index contributed by atoms with van der Waals surface area (Å²) in [7, 11) is -4.13. The summed E-state index contributed by atoms with van der Waals surface area (Å²) in [5.41, 5.74) is 1.32. The van der Waals surface area contributed by atoms with Crippen molar-refractivity contribution in [1.82, 2.24) is 0 Å². The van der Waals surface area contributed by atoms with Gasteiger partial charge in [-0.15, -0.1) is 0 Å². The molecule has 0 aliphatic carbocycles. The van der Waals surface area contributed by atoms with Gasteiger partial charge in [-0.05, 0) is 29.1 Å². The molecule has 0 aliphatic heterocycles. The molecule has 0 bridgehead atoms. The van der Waals surface area contributed by atoms with Crippen molar-refractivity contribution in [2.24, 2.45) is 0 Å². The fourth-order valence-electron chi connectivity index (χ4n) is 2.73. The summed E-state index contributed by atoms with van der Waals surface area (Å²) < 4.78 is 31.0. The van der Waals surface area contributed by atoms with E-state index in [2.05, 4.69) is 49.4 Å². The van der Waals surface area contributed by atoms with Crippen LogP contribution < -0.4 is 0 Å². The molecule has 0 saturated heterocycles. The number of benzene rings is 4. The molecule has 0 heterocycles. The smallest absolute Gasteiger partial charge is 0.295 e. The molecule has 4 aromatic carbocycles. The van der Waals surface area contributed by atoms with Gasteiger partial charge in [-0.1, -0.05) is 84.4 Å².